The van der Waals surface area contributed by atoms with Crippen LogP contribution in [0.1, 0.15) is 28.4 Å². The van der Waals surface area contributed by atoms with E-state index < -0.39 is 5.60 Å². The Bertz CT molecular complexity index is 740. The summed E-state index contributed by atoms with van der Waals surface area (Å²) in [6.45, 7) is 3.87. The molecule has 1 aliphatic heterocycles. The van der Waals surface area contributed by atoms with Gasteiger partial charge in [0.25, 0.3) is 5.91 Å². The predicted octanol–water partition coefficient (Wildman–Crippen LogP) is 2.36. The molecule has 5 nitrogen and oxygen atoms in total. The Morgan fingerprint density at radius 3 is 2.78 bits per heavy atom. The molecule has 0 radical (unpaired) electrons. The molecule has 0 fully saturated rings. The summed E-state index contributed by atoms with van der Waals surface area (Å²) in [5, 5.41) is 13.4. The highest BCUT2D eigenvalue weighted by atomic mass is 16.7. The average Bonchev–Trinajstić information content (AvgIpc) is 3.00. The molecular formula is C18H19NO4. The maximum atomic E-state index is 12.2. The molecule has 1 unspecified atom stereocenters. The lowest BCUT2D eigenvalue weighted by Crippen LogP contribution is -2.38. The lowest BCUT2D eigenvalue weighted by molar-refractivity contribution is 0.0525. The van der Waals surface area contributed by atoms with E-state index in [2.05, 4.69) is 5.32 Å². The fraction of sp³-hybridized carbons (Fsp3) is 0.278. The van der Waals surface area contributed by atoms with Gasteiger partial charge in [-0.3, -0.25) is 4.79 Å². The van der Waals surface area contributed by atoms with E-state index in [1.165, 1.54) is 0 Å². The van der Waals surface area contributed by atoms with E-state index in [0.29, 0.717) is 22.6 Å². The van der Waals surface area contributed by atoms with Gasteiger partial charge in [-0.25, -0.2) is 0 Å². The molecular weight excluding hydrogens is 294 g/mol. The van der Waals surface area contributed by atoms with Gasteiger partial charge in [0, 0.05) is 5.56 Å². The van der Waals surface area contributed by atoms with Crippen LogP contribution < -0.4 is 14.8 Å². The first-order valence-electron chi connectivity index (χ1n) is 7.43. The third-order valence-electron chi connectivity index (χ3n) is 3.87. The van der Waals surface area contributed by atoms with E-state index in [1.807, 2.05) is 25.1 Å². The average molecular weight is 313 g/mol. The Morgan fingerprint density at radius 2 is 2.00 bits per heavy atom. The Balaban J connectivity index is 1.70. The highest BCUT2D eigenvalue weighted by Crippen LogP contribution is 2.35. The van der Waals surface area contributed by atoms with Crippen molar-refractivity contribution in [2.45, 2.75) is 19.4 Å². The molecule has 0 saturated carbocycles. The molecule has 0 spiro atoms. The van der Waals surface area contributed by atoms with E-state index in [-0.39, 0.29) is 19.2 Å². The van der Waals surface area contributed by atoms with E-state index in [4.69, 9.17) is 9.47 Å². The molecule has 2 aromatic carbocycles. The molecule has 23 heavy (non-hydrogen) atoms. The van der Waals surface area contributed by atoms with Crippen molar-refractivity contribution in [3.8, 4) is 11.5 Å². The minimum atomic E-state index is -1.21. The maximum Gasteiger partial charge on any atom is 0.251 e. The Morgan fingerprint density at radius 1 is 1.22 bits per heavy atom. The summed E-state index contributed by atoms with van der Waals surface area (Å²) in [4.78, 5) is 12.2. The fourth-order valence-corrected chi connectivity index (χ4v) is 2.47. The molecule has 3 rings (SSSR count). The number of nitrogens with one attached hydrogen (secondary N) is 1. The third-order valence-corrected chi connectivity index (χ3v) is 3.87. The Kier molecular flexibility index (Phi) is 3.96. The molecule has 2 aromatic rings. The van der Waals surface area contributed by atoms with E-state index >= 15 is 0 Å². The van der Waals surface area contributed by atoms with Gasteiger partial charge in [-0.15, -0.1) is 0 Å². The van der Waals surface area contributed by atoms with Crippen LogP contribution in [0.25, 0.3) is 0 Å². The zero-order valence-corrected chi connectivity index (χ0v) is 13.1. The second-order valence-electron chi connectivity index (χ2n) is 5.89. The number of ether oxygens (including phenoxy) is 2. The van der Waals surface area contributed by atoms with Crippen molar-refractivity contribution in [3.63, 3.8) is 0 Å². The first-order valence-corrected chi connectivity index (χ1v) is 7.43. The second-order valence-corrected chi connectivity index (χ2v) is 5.89. The SMILES string of the molecule is Cc1cccc(C(=O)NCC(C)(O)c2ccc3c(c2)OCO3)c1. The van der Waals surface area contributed by atoms with Crippen LogP contribution in [0.2, 0.25) is 0 Å². The molecule has 120 valence electrons. The number of hydrogen-bond acceptors (Lipinski definition) is 4. The van der Waals surface area contributed by atoms with Crippen LogP contribution in [0.15, 0.2) is 42.5 Å². The van der Waals surface area contributed by atoms with Crippen LogP contribution in [-0.4, -0.2) is 24.4 Å². The smallest absolute Gasteiger partial charge is 0.251 e. The molecule has 0 saturated heterocycles. The van der Waals surface area contributed by atoms with Crippen molar-refractivity contribution < 1.29 is 19.4 Å². The molecule has 5 heteroatoms. The van der Waals surface area contributed by atoms with Crippen LogP contribution in [-0.2, 0) is 5.60 Å². The highest BCUT2D eigenvalue weighted by Gasteiger charge is 2.26. The van der Waals surface area contributed by atoms with Crippen molar-refractivity contribution in [3.05, 3.63) is 59.2 Å². The van der Waals surface area contributed by atoms with Crippen molar-refractivity contribution in [1.82, 2.24) is 5.32 Å². The number of hydrogen-bond donors (Lipinski definition) is 2. The molecule has 0 aliphatic carbocycles. The third kappa shape index (κ3) is 3.29. The predicted molar refractivity (Wildman–Crippen MR) is 85.6 cm³/mol. The summed E-state index contributed by atoms with van der Waals surface area (Å²) in [5.41, 5.74) is 1.04. The van der Waals surface area contributed by atoms with Gasteiger partial charge in [0.05, 0.1) is 6.54 Å². The monoisotopic (exact) mass is 313 g/mol. The minimum Gasteiger partial charge on any atom is -0.454 e. The number of rotatable bonds is 4. The van der Waals surface area contributed by atoms with Crippen LogP contribution in [0.4, 0.5) is 0 Å². The number of carbonyl (C=O) groups is 1. The fourth-order valence-electron chi connectivity index (χ4n) is 2.47. The highest BCUT2D eigenvalue weighted by molar-refractivity contribution is 5.94. The Labute approximate surface area is 134 Å². The summed E-state index contributed by atoms with van der Waals surface area (Å²) in [7, 11) is 0. The lowest BCUT2D eigenvalue weighted by atomic mass is 9.95. The van der Waals surface area contributed by atoms with Crippen LogP contribution in [0.5, 0.6) is 11.5 Å². The van der Waals surface area contributed by atoms with Crippen molar-refractivity contribution in [2.75, 3.05) is 13.3 Å². The largest absolute Gasteiger partial charge is 0.454 e. The first-order chi connectivity index (χ1) is 11.0. The molecule has 0 bridgehead atoms. The zero-order chi connectivity index (χ0) is 16.4. The topological polar surface area (TPSA) is 67.8 Å². The number of aliphatic hydroxyl groups is 1. The summed E-state index contributed by atoms with van der Waals surface area (Å²) in [5.74, 6) is 1.05. The quantitative estimate of drug-likeness (QED) is 0.909. The summed E-state index contributed by atoms with van der Waals surface area (Å²) < 4.78 is 10.6. The molecule has 2 N–H and O–H groups in total. The molecule has 1 heterocycles. The van der Waals surface area contributed by atoms with Gasteiger partial charge in [-0.05, 0) is 43.7 Å². The maximum absolute atomic E-state index is 12.2. The number of carbonyl (C=O) groups excluding carboxylic acids is 1. The van der Waals surface area contributed by atoms with Crippen LogP contribution in [0.3, 0.4) is 0 Å². The van der Waals surface area contributed by atoms with Crippen molar-refractivity contribution >= 4 is 5.91 Å². The van der Waals surface area contributed by atoms with Gasteiger partial charge in [0.2, 0.25) is 6.79 Å². The lowest BCUT2D eigenvalue weighted by Gasteiger charge is -2.24. The molecule has 0 aromatic heterocycles. The molecule has 1 atom stereocenters. The van der Waals surface area contributed by atoms with Crippen molar-refractivity contribution in [1.29, 1.82) is 0 Å². The second kappa shape index (κ2) is 5.93. The summed E-state index contributed by atoms with van der Waals surface area (Å²) >= 11 is 0. The Hall–Kier alpha value is -2.53. The van der Waals surface area contributed by atoms with Gasteiger partial charge in [0.1, 0.15) is 5.60 Å². The molecule has 1 amide bonds. The summed E-state index contributed by atoms with van der Waals surface area (Å²) in [6.07, 6.45) is 0. The molecule has 1 aliphatic rings. The van der Waals surface area contributed by atoms with Gasteiger partial charge in [-0.1, -0.05) is 23.8 Å². The van der Waals surface area contributed by atoms with E-state index in [1.54, 1.807) is 31.2 Å². The van der Waals surface area contributed by atoms with Crippen LogP contribution in [0, 0.1) is 6.92 Å². The zero-order valence-electron chi connectivity index (χ0n) is 13.1. The number of fused-ring (bicyclic) bond motifs is 1. The minimum absolute atomic E-state index is 0.0966. The van der Waals surface area contributed by atoms with E-state index in [9.17, 15) is 9.90 Å². The van der Waals surface area contributed by atoms with Crippen LogP contribution >= 0.6 is 0 Å². The number of benzene rings is 2. The van der Waals surface area contributed by atoms with Gasteiger partial charge < -0.3 is 19.9 Å². The summed E-state index contributed by atoms with van der Waals surface area (Å²) in [6, 6.07) is 12.6. The van der Waals surface area contributed by atoms with Gasteiger partial charge in [0.15, 0.2) is 11.5 Å². The van der Waals surface area contributed by atoms with Crippen molar-refractivity contribution in [2.24, 2.45) is 0 Å². The number of amides is 1. The van der Waals surface area contributed by atoms with Gasteiger partial charge >= 0.3 is 0 Å². The number of aryl methyl sites for hydroxylation is 1. The van der Waals surface area contributed by atoms with Gasteiger partial charge in [-0.2, -0.15) is 0 Å². The standard InChI is InChI=1S/C18H19NO4/c1-12-4-3-5-13(8-12)17(20)19-10-18(2,21)14-6-7-15-16(9-14)23-11-22-15/h3-9,21H,10-11H2,1-2H3,(H,19,20). The first kappa shape index (κ1) is 15.4. The van der Waals surface area contributed by atoms with E-state index in [0.717, 1.165) is 5.56 Å². The normalized spacial score (nSPS) is 15.1.